The standard InChI is InChI=1S/C12H9ClN2O2/c13-9-5-10(7-14-6-9)15-12(17)8-1-3-11(16)4-2-8/h1-7,16H,(H,15,17). The second kappa shape index (κ2) is 4.84. The number of pyridine rings is 1. The molecule has 0 saturated heterocycles. The highest BCUT2D eigenvalue weighted by Crippen LogP contribution is 2.15. The van der Waals surface area contributed by atoms with Crippen LogP contribution in [0.5, 0.6) is 5.75 Å². The monoisotopic (exact) mass is 248 g/mol. The molecule has 0 aliphatic heterocycles. The number of carbonyl (C=O) groups is 1. The molecule has 0 fully saturated rings. The molecule has 0 atom stereocenters. The number of aromatic nitrogens is 1. The van der Waals surface area contributed by atoms with Gasteiger partial charge in [0.05, 0.1) is 16.9 Å². The number of nitrogens with zero attached hydrogens (tertiary/aromatic N) is 1. The predicted molar refractivity (Wildman–Crippen MR) is 65.3 cm³/mol. The molecule has 1 amide bonds. The summed E-state index contributed by atoms with van der Waals surface area (Å²) in [6.07, 6.45) is 2.99. The van der Waals surface area contributed by atoms with Gasteiger partial charge in [-0.2, -0.15) is 0 Å². The van der Waals surface area contributed by atoms with Crippen LogP contribution in [-0.2, 0) is 0 Å². The first-order valence-electron chi connectivity index (χ1n) is 4.86. The summed E-state index contributed by atoms with van der Waals surface area (Å²) in [7, 11) is 0. The summed E-state index contributed by atoms with van der Waals surface area (Å²) in [5, 5.41) is 12.2. The molecule has 2 N–H and O–H groups in total. The van der Waals surface area contributed by atoms with Crippen LogP contribution in [0, 0.1) is 0 Å². The first-order chi connectivity index (χ1) is 8.15. The van der Waals surface area contributed by atoms with Gasteiger partial charge in [-0.05, 0) is 30.3 Å². The number of phenolic OH excluding ortho intramolecular Hbond substituents is 1. The molecule has 0 bridgehead atoms. The molecule has 0 spiro atoms. The second-order valence-corrected chi connectivity index (χ2v) is 3.83. The Morgan fingerprint density at radius 2 is 1.94 bits per heavy atom. The van der Waals surface area contributed by atoms with Crippen molar-refractivity contribution in [2.75, 3.05) is 5.32 Å². The number of hydrogen-bond donors (Lipinski definition) is 2. The smallest absolute Gasteiger partial charge is 0.255 e. The minimum Gasteiger partial charge on any atom is -0.508 e. The van der Waals surface area contributed by atoms with Crippen molar-refractivity contribution in [2.45, 2.75) is 0 Å². The summed E-state index contributed by atoms with van der Waals surface area (Å²) < 4.78 is 0. The van der Waals surface area contributed by atoms with Crippen LogP contribution in [0.4, 0.5) is 5.69 Å². The third-order valence-electron chi connectivity index (χ3n) is 2.09. The molecule has 1 aromatic carbocycles. The fourth-order valence-electron chi connectivity index (χ4n) is 1.30. The molecule has 5 heteroatoms. The molecule has 1 heterocycles. The first kappa shape index (κ1) is 11.4. The SMILES string of the molecule is O=C(Nc1cncc(Cl)c1)c1ccc(O)cc1. The second-order valence-electron chi connectivity index (χ2n) is 3.39. The Labute approximate surface area is 103 Å². The van der Waals surface area contributed by atoms with Crippen LogP contribution in [0.1, 0.15) is 10.4 Å². The lowest BCUT2D eigenvalue weighted by Gasteiger charge is -2.04. The number of anilines is 1. The van der Waals surface area contributed by atoms with E-state index in [1.165, 1.54) is 36.7 Å². The Morgan fingerprint density at radius 3 is 2.59 bits per heavy atom. The van der Waals surface area contributed by atoms with Crippen molar-refractivity contribution in [1.29, 1.82) is 0 Å². The van der Waals surface area contributed by atoms with Gasteiger partial charge in [-0.1, -0.05) is 11.6 Å². The average molecular weight is 249 g/mol. The Morgan fingerprint density at radius 1 is 1.24 bits per heavy atom. The summed E-state index contributed by atoms with van der Waals surface area (Å²) in [4.78, 5) is 15.6. The van der Waals surface area contributed by atoms with E-state index in [9.17, 15) is 4.79 Å². The fourth-order valence-corrected chi connectivity index (χ4v) is 1.47. The number of carbonyl (C=O) groups excluding carboxylic acids is 1. The van der Waals surface area contributed by atoms with Gasteiger partial charge in [-0.3, -0.25) is 9.78 Å². The average Bonchev–Trinajstić information content (AvgIpc) is 2.29. The van der Waals surface area contributed by atoms with Crippen LogP contribution in [-0.4, -0.2) is 16.0 Å². The van der Waals surface area contributed by atoms with E-state index in [2.05, 4.69) is 10.3 Å². The zero-order valence-electron chi connectivity index (χ0n) is 8.72. The zero-order valence-corrected chi connectivity index (χ0v) is 9.48. The van der Waals surface area contributed by atoms with E-state index < -0.39 is 0 Å². The summed E-state index contributed by atoms with van der Waals surface area (Å²) >= 11 is 5.75. The minimum absolute atomic E-state index is 0.117. The summed E-state index contributed by atoms with van der Waals surface area (Å²) in [5.41, 5.74) is 0.971. The van der Waals surface area contributed by atoms with E-state index in [0.717, 1.165) is 0 Å². The van der Waals surface area contributed by atoms with Gasteiger partial charge in [0, 0.05) is 11.8 Å². The van der Waals surface area contributed by atoms with E-state index in [-0.39, 0.29) is 11.7 Å². The summed E-state index contributed by atoms with van der Waals surface area (Å²) in [6.45, 7) is 0. The number of phenols is 1. The molecule has 86 valence electrons. The predicted octanol–water partition coefficient (Wildman–Crippen LogP) is 2.69. The number of benzene rings is 1. The minimum atomic E-state index is -0.283. The Bertz CT molecular complexity index is 540. The number of amides is 1. The van der Waals surface area contributed by atoms with Crippen LogP contribution in [0.3, 0.4) is 0 Å². The van der Waals surface area contributed by atoms with Crippen LogP contribution in [0.2, 0.25) is 5.02 Å². The molecule has 0 aliphatic carbocycles. The van der Waals surface area contributed by atoms with Crippen molar-refractivity contribution in [3.05, 3.63) is 53.3 Å². The molecular weight excluding hydrogens is 240 g/mol. The molecule has 2 aromatic rings. The highest BCUT2D eigenvalue weighted by molar-refractivity contribution is 6.30. The number of aromatic hydroxyl groups is 1. The molecule has 0 saturated carbocycles. The van der Waals surface area contributed by atoms with Crippen LogP contribution >= 0.6 is 11.6 Å². The Balaban J connectivity index is 2.14. The Kier molecular flexibility index (Phi) is 3.25. The summed E-state index contributed by atoms with van der Waals surface area (Å²) in [5.74, 6) is -0.167. The van der Waals surface area contributed by atoms with Crippen molar-refractivity contribution >= 4 is 23.2 Å². The van der Waals surface area contributed by atoms with Crippen LogP contribution < -0.4 is 5.32 Å². The largest absolute Gasteiger partial charge is 0.508 e. The molecule has 1 aromatic heterocycles. The van der Waals surface area contributed by atoms with Gasteiger partial charge in [0.25, 0.3) is 5.91 Å². The fraction of sp³-hybridized carbons (Fsp3) is 0. The molecule has 17 heavy (non-hydrogen) atoms. The van der Waals surface area contributed by atoms with E-state index in [1.54, 1.807) is 6.07 Å². The van der Waals surface area contributed by atoms with Gasteiger partial charge >= 0.3 is 0 Å². The molecule has 2 rings (SSSR count). The molecule has 0 aliphatic rings. The normalized spacial score (nSPS) is 9.94. The maximum absolute atomic E-state index is 11.8. The van der Waals surface area contributed by atoms with Gasteiger partial charge < -0.3 is 10.4 Å². The number of rotatable bonds is 2. The number of halogens is 1. The van der Waals surface area contributed by atoms with Crippen molar-refractivity contribution < 1.29 is 9.90 Å². The van der Waals surface area contributed by atoms with Gasteiger partial charge in [-0.15, -0.1) is 0 Å². The van der Waals surface area contributed by atoms with Gasteiger partial charge in [0.2, 0.25) is 0 Å². The molecule has 0 radical (unpaired) electrons. The maximum atomic E-state index is 11.8. The van der Waals surface area contributed by atoms with Crippen molar-refractivity contribution in [2.24, 2.45) is 0 Å². The lowest BCUT2D eigenvalue weighted by molar-refractivity contribution is 0.102. The van der Waals surface area contributed by atoms with Crippen LogP contribution in [0.25, 0.3) is 0 Å². The number of hydrogen-bond acceptors (Lipinski definition) is 3. The molecular formula is C12H9ClN2O2. The summed E-state index contributed by atoms with van der Waals surface area (Å²) in [6, 6.07) is 7.56. The van der Waals surface area contributed by atoms with E-state index in [1.807, 2.05) is 0 Å². The lowest BCUT2D eigenvalue weighted by Crippen LogP contribution is -2.11. The highest BCUT2D eigenvalue weighted by Gasteiger charge is 2.06. The van der Waals surface area contributed by atoms with E-state index in [4.69, 9.17) is 16.7 Å². The molecule has 4 nitrogen and oxygen atoms in total. The maximum Gasteiger partial charge on any atom is 0.255 e. The zero-order chi connectivity index (χ0) is 12.3. The third-order valence-corrected chi connectivity index (χ3v) is 2.30. The lowest BCUT2D eigenvalue weighted by atomic mass is 10.2. The third kappa shape index (κ3) is 2.95. The Hall–Kier alpha value is -2.07. The van der Waals surface area contributed by atoms with Crippen molar-refractivity contribution in [3.63, 3.8) is 0 Å². The van der Waals surface area contributed by atoms with Crippen molar-refractivity contribution in [3.8, 4) is 5.75 Å². The van der Waals surface area contributed by atoms with Gasteiger partial charge in [-0.25, -0.2) is 0 Å². The van der Waals surface area contributed by atoms with Gasteiger partial charge in [0.1, 0.15) is 5.75 Å². The van der Waals surface area contributed by atoms with Crippen molar-refractivity contribution in [1.82, 2.24) is 4.98 Å². The topological polar surface area (TPSA) is 62.2 Å². The first-order valence-corrected chi connectivity index (χ1v) is 5.24. The number of nitrogens with one attached hydrogen (secondary N) is 1. The van der Waals surface area contributed by atoms with E-state index in [0.29, 0.717) is 16.3 Å². The van der Waals surface area contributed by atoms with Gasteiger partial charge in [0.15, 0.2) is 0 Å². The molecule has 0 unspecified atom stereocenters. The van der Waals surface area contributed by atoms with E-state index >= 15 is 0 Å². The van der Waals surface area contributed by atoms with Crippen LogP contribution in [0.15, 0.2) is 42.7 Å². The highest BCUT2D eigenvalue weighted by atomic mass is 35.5. The quantitative estimate of drug-likeness (QED) is 0.859.